The van der Waals surface area contributed by atoms with Gasteiger partial charge in [0.1, 0.15) is 5.82 Å². The Kier molecular flexibility index (Phi) is 3.33. The standard InChI is InChI=1S/C12H14F4N2/c1-18-5-4-10(17)11(18)7-2-3-9(13)8(6-7)12(14,15)16/h2-3,6,10-11H,4-5,17H2,1H3. The van der Waals surface area contributed by atoms with Gasteiger partial charge in [-0.05, 0) is 31.2 Å². The summed E-state index contributed by atoms with van der Waals surface area (Å²) in [6.45, 7) is 0.727. The van der Waals surface area contributed by atoms with Gasteiger partial charge in [-0.15, -0.1) is 0 Å². The minimum absolute atomic E-state index is 0.221. The lowest BCUT2D eigenvalue weighted by molar-refractivity contribution is -0.140. The van der Waals surface area contributed by atoms with Crippen LogP contribution in [0.2, 0.25) is 0 Å². The normalized spacial score (nSPS) is 25.7. The summed E-state index contributed by atoms with van der Waals surface area (Å²) in [6.07, 6.45) is -3.96. The Balaban J connectivity index is 2.41. The van der Waals surface area contributed by atoms with Gasteiger partial charge >= 0.3 is 6.18 Å². The van der Waals surface area contributed by atoms with Crippen molar-refractivity contribution in [3.8, 4) is 0 Å². The molecule has 2 rings (SSSR count). The Hall–Kier alpha value is -1.14. The van der Waals surface area contributed by atoms with Gasteiger partial charge in [0.05, 0.1) is 5.56 Å². The monoisotopic (exact) mass is 262 g/mol. The average molecular weight is 262 g/mol. The van der Waals surface area contributed by atoms with Crippen molar-refractivity contribution in [1.29, 1.82) is 0 Å². The highest BCUT2D eigenvalue weighted by molar-refractivity contribution is 5.31. The lowest BCUT2D eigenvalue weighted by atomic mass is 9.98. The van der Waals surface area contributed by atoms with E-state index in [-0.39, 0.29) is 12.1 Å². The molecule has 6 heteroatoms. The largest absolute Gasteiger partial charge is 0.419 e. The summed E-state index contributed by atoms with van der Waals surface area (Å²) in [5.74, 6) is -1.25. The number of halogens is 4. The summed E-state index contributed by atoms with van der Waals surface area (Å²) in [6, 6.07) is 2.59. The maximum atomic E-state index is 13.2. The van der Waals surface area contributed by atoms with Gasteiger partial charge in [0.25, 0.3) is 0 Å². The predicted octanol–water partition coefficient (Wildman–Crippen LogP) is 2.55. The SMILES string of the molecule is CN1CCC(N)C1c1ccc(F)c(C(F)(F)F)c1. The van der Waals surface area contributed by atoms with Crippen LogP contribution in [0, 0.1) is 5.82 Å². The van der Waals surface area contributed by atoms with E-state index >= 15 is 0 Å². The number of nitrogens with two attached hydrogens (primary N) is 1. The second kappa shape index (κ2) is 4.51. The molecule has 0 amide bonds. The van der Waals surface area contributed by atoms with E-state index in [1.165, 1.54) is 6.07 Å². The van der Waals surface area contributed by atoms with E-state index in [1.807, 2.05) is 4.90 Å². The molecule has 0 aromatic heterocycles. The van der Waals surface area contributed by atoms with Crippen molar-refractivity contribution in [2.45, 2.75) is 24.7 Å². The van der Waals surface area contributed by atoms with Gasteiger partial charge in [-0.2, -0.15) is 13.2 Å². The topological polar surface area (TPSA) is 29.3 Å². The van der Waals surface area contributed by atoms with Crippen LogP contribution in [0.5, 0.6) is 0 Å². The van der Waals surface area contributed by atoms with Gasteiger partial charge in [-0.1, -0.05) is 6.07 Å². The molecule has 0 bridgehead atoms. The fourth-order valence-corrected chi connectivity index (χ4v) is 2.42. The first kappa shape index (κ1) is 13.3. The molecule has 18 heavy (non-hydrogen) atoms. The number of hydrogen-bond donors (Lipinski definition) is 1. The van der Waals surface area contributed by atoms with Crippen LogP contribution in [0.3, 0.4) is 0 Å². The lowest BCUT2D eigenvalue weighted by Gasteiger charge is -2.24. The van der Waals surface area contributed by atoms with E-state index < -0.39 is 17.6 Å². The van der Waals surface area contributed by atoms with Crippen LogP contribution in [0.25, 0.3) is 0 Å². The van der Waals surface area contributed by atoms with Crippen LogP contribution >= 0.6 is 0 Å². The Bertz CT molecular complexity index is 434. The number of rotatable bonds is 1. The molecule has 2 atom stereocenters. The van der Waals surface area contributed by atoms with Crippen molar-refractivity contribution in [2.75, 3.05) is 13.6 Å². The number of likely N-dealkylation sites (tertiary alicyclic amines) is 1. The van der Waals surface area contributed by atoms with Crippen molar-refractivity contribution in [2.24, 2.45) is 5.73 Å². The van der Waals surface area contributed by atoms with E-state index in [4.69, 9.17) is 5.73 Å². The van der Waals surface area contributed by atoms with Gasteiger partial charge in [-0.3, -0.25) is 4.90 Å². The van der Waals surface area contributed by atoms with Crippen molar-refractivity contribution < 1.29 is 17.6 Å². The summed E-state index contributed by atoms with van der Waals surface area (Å²) in [5, 5.41) is 0. The van der Waals surface area contributed by atoms with Crippen LogP contribution in [0.1, 0.15) is 23.6 Å². The summed E-state index contributed by atoms with van der Waals surface area (Å²) < 4.78 is 51.1. The molecule has 2 N–H and O–H groups in total. The molecule has 1 aliphatic heterocycles. The average Bonchev–Trinajstić information content (AvgIpc) is 2.58. The quantitative estimate of drug-likeness (QED) is 0.788. The maximum Gasteiger partial charge on any atom is 0.419 e. The highest BCUT2D eigenvalue weighted by Gasteiger charge is 2.36. The molecule has 1 fully saturated rings. The van der Waals surface area contributed by atoms with E-state index in [9.17, 15) is 17.6 Å². The summed E-state index contributed by atoms with van der Waals surface area (Å²) in [4.78, 5) is 1.89. The molecule has 0 saturated carbocycles. The fourth-order valence-electron chi connectivity index (χ4n) is 2.42. The van der Waals surface area contributed by atoms with Crippen molar-refractivity contribution in [3.05, 3.63) is 35.1 Å². The first-order valence-corrected chi connectivity index (χ1v) is 5.63. The Morgan fingerprint density at radius 3 is 2.50 bits per heavy atom. The van der Waals surface area contributed by atoms with E-state index in [0.29, 0.717) is 5.56 Å². The Labute approximate surface area is 102 Å². The molecule has 0 radical (unpaired) electrons. The van der Waals surface area contributed by atoms with Gasteiger partial charge in [0.15, 0.2) is 0 Å². The van der Waals surface area contributed by atoms with E-state index in [0.717, 1.165) is 25.1 Å². The van der Waals surface area contributed by atoms with Gasteiger partial charge in [-0.25, -0.2) is 4.39 Å². The molecule has 1 aromatic rings. The number of likely N-dealkylation sites (N-methyl/N-ethyl adjacent to an activating group) is 1. The van der Waals surface area contributed by atoms with Gasteiger partial charge in [0, 0.05) is 18.6 Å². The molecule has 0 spiro atoms. The van der Waals surface area contributed by atoms with Crippen LogP contribution in [-0.4, -0.2) is 24.5 Å². The molecule has 1 aromatic carbocycles. The number of alkyl halides is 3. The highest BCUT2D eigenvalue weighted by Crippen LogP contribution is 2.36. The number of nitrogens with zero attached hydrogens (tertiary/aromatic N) is 1. The molecule has 2 nitrogen and oxygen atoms in total. The van der Waals surface area contributed by atoms with Crippen LogP contribution in [0.15, 0.2) is 18.2 Å². The van der Waals surface area contributed by atoms with Crippen molar-refractivity contribution in [3.63, 3.8) is 0 Å². The zero-order valence-corrected chi connectivity index (χ0v) is 9.84. The fraction of sp³-hybridized carbons (Fsp3) is 0.500. The summed E-state index contributed by atoms with van der Waals surface area (Å²) in [5.41, 5.74) is 5.07. The smallest absolute Gasteiger partial charge is 0.326 e. The second-order valence-electron chi connectivity index (χ2n) is 4.62. The molecule has 2 unspecified atom stereocenters. The maximum absolute atomic E-state index is 13.2. The van der Waals surface area contributed by atoms with Crippen LogP contribution in [0.4, 0.5) is 17.6 Å². The van der Waals surface area contributed by atoms with Gasteiger partial charge in [0.2, 0.25) is 0 Å². The van der Waals surface area contributed by atoms with Crippen molar-refractivity contribution >= 4 is 0 Å². The van der Waals surface area contributed by atoms with Gasteiger partial charge < -0.3 is 5.73 Å². The van der Waals surface area contributed by atoms with Crippen LogP contribution in [-0.2, 0) is 6.18 Å². The second-order valence-corrected chi connectivity index (χ2v) is 4.62. The molecule has 1 heterocycles. The van der Waals surface area contributed by atoms with Crippen LogP contribution < -0.4 is 5.73 Å². The Morgan fingerprint density at radius 1 is 1.33 bits per heavy atom. The number of hydrogen-bond acceptors (Lipinski definition) is 2. The van der Waals surface area contributed by atoms with Crippen molar-refractivity contribution in [1.82, 2.24) is 4.90 Å². The zero-order valence-electron chi connectivity index (χ0n) is 9.84. The lowest BCUT2D eigenvalue weighted by Crippen LogP contribution is -2.29. The third kappa shape index (κ3) is 2.35. The summed E-state index contributed by atoms with van der Waals surface area (Å²) >= 11 is 0. The molecular formula is C12H14F4N2. The molecule has 0 aliphatic carbocycles. The molecule has 100 valence electrons. The summed E-state index contributed by atoms with van der Waals surface area (Å²) in [7, 11) is 1.80. The third-order valence-corrected chi connectivity index (χ3v) is 3.33. The zero-order chi connectivity index (χ0) is 13.5. The predicted molar refractivity (Wildman–Crippen MR) is 59.4 cm³/mol. The highest BCUT2D eigenvalue weighted by atomic mass is 19.4. The minimum atomic E-state index is -4.68. The van der Waals surface area contributed by atoms with E-state index in [1.54, 1.807) is 7.05 Å². The third-order valence-electron chi connectivity index (χ3n) is 3.33. The first-order valence-electron chi connectivity index (χ1n) is 5.63. The first-order chi connectivity index (χ1) is 8.30. The number of benzene rings is 1. The minimum Gasteiger partial charge on any atom is -0.326 e. The van der Waals surface area contributed by atoms with E-state index in [2.05, 4.69) is 0 Å². The Morgan fingerprint density at radius 2 is 2.00 bits per heavy atom. The molecule has 1 aliphatic rings. The molecular weight excluding hydrogens is 248 g/mol. The molecule has 1 saturated heterocycles.